The first-order valence-electron chi connectivity index (χ1n) is 6.43. The highest BCUT2D eigenvalue weighted by molar-refractivity contribution is 7.71. The molecule has 21 heavy (non-hydrogen) atoms. The average Bonchev–Trinajstić information content (AvgIpc) is 2.75. The van der Waals surface area contributed by atoms with E-state index in [-0.39, 0.29) is 0 Å². The first-order chi connectivity index (χ1) is 10.1. The van der Waals surface area contributed by atoms with Gasteiger partial charge in [0.2, 0.25) is 0 Å². The molecule has 0 unspecified atom stereocenters. The molecule has 1 heterocycles. The molecule has 1 aromatic heterocycles. The van der Waals surface area contributed by atoms with Gasteiger partial charge in [0.15, 0.2) is 4.77 Å². The summed E-state index contributed by atoms with van der Waals surface area (Å²) >= 11 is 11.3. The largest absolute Gasteiger partial charge is 0.492 e. The second-order valence-electron chi connectivity index (χ2n) is 4.48. The Bertz CT molecular complexity index is 851. The Morgan fingerprint density at radius 1 is 1.33 bits per heavy atom. The highest BCUT2D eigenvalue weighted by atomic mass is 35.5. The van der Waals surface area contributed by atoms with E-state index >= 15 is 0 Å². The van der Waals surface area contributed by atoms with Crippen LogP contribution in [0.15, 0.2) is 36.4 Å². The predicted molar refractivity (Wildman–Crippen MR) is 84.6 cm³/mol. The zero-order valence-corrected chi connectivity index (χ0v) is 12.8. The molecule has 3 nitrogen and oxygen atoms in total. The van der Waals surface area contributed by atoms with Crippen molar-refractivity contribution in [2.45, 2.75) is 6.92 Å². The number of imidazole rings is 1. The van der Waals surface area contributed by atoms with Gasteiger partial charge in [-0.25, -0.2) is 4.39 Å². The minimum atomic E-state index is -0.408. The number of benzene rings is 2. The van der Waals surface area contributed by atoms with Crippen molar-refractivity contribution in [1.82, 2.24) is 9.55 Å². The highest BCUT2D eigenvalue weighted by Crippen LogP contribution is 2.28. The second-order valence-corrected chi connectivity index (χ2v) is 5.30. The number of fused-ring (bicyclic) bond motifs is 1. The van der Waals surface area contributed by atoms with Crippen LogP contribution in [0.4, 0.5) is 4.39 Å². The average molecular weight is 323 g/mol. The van der Waals surface area contributed by atoms with Crippen molar-refractivity contribution in [3.05, 3.63) is 52.0 Å². The number of hydrogen-bond donors (Lipinski definition) is 1. The molecule has 0 atom stereocenters. The monoisotopic (exact) mass is 322 g/mol. The molecule has 2 aromatic carbocycles. The van der Waals surface area contributed by atoms with Gasteiger partial charge in [-0.1, -0.05) is 17.7 Å². The van der Waals surface area contributed by atoms with E-state index in [0.717, 1.165) is 11.0 Å². The third kappa shape index (κ3) is 2.54. The van der Waals surface area contributed by atoms with Crippen molar-refractivity contribution in [2.75, 3.05) is 6.61 Å². The van der Waals surface area contributed by atoms with E-state index < -0.39 is 5.82 Å². The zero-order chi connectivity index (χ0) is 15.0. The Morgan fingerprint density at radius 3 is 2.86 bits per heavy atom. The minimum Gasteiger partial charge on any atom is -0.492 e. The third-order valence-corrected chi connectivity index (χ3v) is 3.59. The van der Waals surface area contributed by atoms with Crippen LogP contribution in [0.1, 0.15) is 6.92 Å². The Kier molecular flexibility index (Phi) is 3.69. The van der Waals surface area contributed by atoms with Gasteiger partial charge in [-0.05, 0) is 49.5 Å². The first kappa shape index (κ1) is 14.1. The van der Waals surface area contributed by atoms with Crippen LogP contribution < -0.4 is 4.74 Å². The van der Waals surface area contributed by atoms with Crippen LogP contribution in [0.3, 0.4) is 0 Å². The molecule has 0 aliphatic carbocycles. The maximum absolute atomic E-state index is 13.6. The number of ether oxygens (including phenoxy) is 1. The number of hydrogen-bond acceptors (Lipinski definition) is 2. The van der Waals surface area contributed by atoms with Crippen LogP contribution in [0, 0.1) is 10.6 Å². The molecule has 3 rings (SSSR count). The lowest BCUT2D eigenvalue weighted by Crippen LogP contribution is -1.95. The van der Waals surface area contributed by atoms with Gasteiger partial charge in [0.05, 0.1) is 17.8 Å². The molecule has 0 amide bonds. The molecule has 0 radical (unpaired) electrons. The molecule has 3 aromatic rings. The van der Waals surface area contributed by atoms with E-state index in [4.69, 9.17) is 28.6 Å². The van der Waals surface area contributed by atoms with Gasteiger partial charge in [0.25, 0.3) is 0 Å². The number of para-hydroxylation sites is 1. The first-order valence-corrected chi connectivity index (χ1v) is 7.22. The Hall–Kier alpha value is -1.85. The van der Waals surface area contributed by atoms with Crippen LogP contribution in [0.2, 0.25) is 5.02 Å². The van der Waals surface area contributed by atoms with Crippen molar-refractivity contribution in [3.63, 3.8) is 0 Å². The fraction of sp³-hybridized carbons (Fsp3) is 0.133. The SMILES string of the molecule is CCOc1cccc2c1[nH]c(=S)n2-c1cc(F)cc(Cl)c1. The van der Waals surface area contributed by atoms with E-state index in [1.807, 2.05) is 25.1 Å². The third-order valence-electron chi connectivity index (χ3n) is 3.09. The lowest BCUT2D eigenvalue weighted by Gasteiger charge is -2.07. The van der Waals surface area contributed by atoms with Crippen LogP contribution in [0.5, 0.6) is 5.75 Å². The minimum absolute atomic E-state index is 0.321. The quantitative estimate of drug-likeness (QED) is 0.696. The Morgan fingerprint density at radius 2 is 2.14 bits per heavy atom. The van der Waals surface area contributed by atoms with E-state index in [1.54, 1.807) is 10.6 Å². The second kappa shape index (κ2) is 5.50. The van der Waals surface area contributed by atoms with Gasteiger partial charge < -0.3 is 9.72 Å². The maximum atomic E-state index is 13.6. The van der Waals surface area contributed by atoms with Crippen molar-refractivity contribution >= 4 is 34.9 Å². The number of aromatic nitrogens is 2. The number of nitrogens with zero attached hydrogens (tertiary/aromatic N) is 1. The Labute approximate surface area is 130 Å². The van der Waals surface area contributed by atoms with Gasteiger partial charge in [-0.15, -0.1) is 0 Å². The topological polar surface area (TPSA) is 29.9 Å². The van der Waals surface area contributed by atoms with Crippen molar-refractivity contribution in [1.29, 1.82) is 0 Å². The predicted octanol–water partition coefficient (Wildman–Crippen LogP) is 4.88. The molecular weight excluding hydrogens is 311 g/mol. The standard InChI is InChI=1S/C15H12ClFN2OS/c1-2-20-13-5-3-4-12-14(13)18-15(21)19(12)11-7-9(16)6-10(17)8-11/h3-8H,2H2,1H3,(H,18,21). The normalized spacial score (nSPS) is 11.0. The molecule has 0 bridgehead atoms. The molecule has 0 fully saturated rings. The highest BCUT2D eigenvalue weighted by Gasteiger charge is 2.11. The van der Waals surface area contributed by atoms with Crippen LogP contribution in [-0.4, -0.2) is 16.2 Å². The summed E-state index contributed by atoms with van der Waals surface area (Å²) in [7, 11) is 0. The number of halogens is 2. The number of nitrogens with one attached hydrogen (secondary N) is 1. The summed E-state index contributed by atoms with van der Waals surface area (Å²) in [6, 6.07) is 9.94. The lowest BCUT2D eigenvalue weighted by atomic mass is 10.2. The van der Waals surface area contributed by atoms with Crippen molar-refractivity contribution in [3.8, 4) is 11.4 Å². The summed E-state index contributed by atoms with van der Waals surface area (Å²) in [6.45, 7) is 2.47. The van der Waals surface area contributed by atoms with Crippen molar-refractivity contribution < 1.29 is 9.13 Å². The smallest absolute Gasteiger partial charge is 0.182 e. The fourth-order valence-corrected chi connectivity index (χ4v) is 2.83. The summed E-state index contributed by atoms with van der Waals surface area (Å²) in [5.74, 6) is 0.303. The molecule has 6 heteroatoms. The molecule has 0 saturated carbocycles. The molecule has 0 aliphatic heterocycles. The maximum Gasteiger partial charge on any atom is 0.182 e. The van der Waals surface area contributed by atoms with Gasteiger partial charge in [0.1, 0.15) is 17.1 Å². The van der Waals surface area contributed by atoms with E-state index in [0.29, 0.717) is 27.8 Å². The van der Waals surface area contributed by atoms with Gasteiger partial charge in [0, 0.05) is 5.02 Å². The number of rotatable bonds is 3. The molecule has 0 aliphatic rings. The Balaban J connectivity index is 2.30. The van der Waals surface area contributed by atoms with E-state index in [9.17, 15) is 4.39 Å². The molecule has 1 N–H and O–H groups in total. The molecular formula is C15H12ClFN2OS. The number of H-pyrrole nitrogens is 1. The van der Waals surface area contributed by atoms with Crippen LogP contribution in [-0.2, 0) is 0 Å². The summed E-state index contributed by atoms with van der Waals surface area (Å²) in [5.41, 5.74) is 2.17. The molecule has 0 saturated heterocycles. The van der Waals surface area contributed by atoms with Gasteiger partial charge >= 0.3 is 0 Å². The van der Waals surface area contributed by atoms with E-state index in [1.165, 1.54) is 12.1 Å². The lowest BCUT2D eigenvalue weighted by molar-refractivity contribution is 0.343. The fourth-order valence-electron chi connectivity index (χ4n) is 2.30. The van der Waals surface area contributed by atoms with Gasteiger partial charge in [-0.2, -0.15) is 0 Å². The van der Waals surface area contributed by atoms with Gasteiger partial charge in [-0.3, -0.25) is 4.57 Å². The van der Waals surface area contributed by atoms with Crippen LogP contribution in [0.25, 0.3) is 16.7 Å². The summed E-state index contributed by atoms with van der Waals surface area (Å²) in [5, 5.41) is 0.321. The summed E-state index contributed by atoms with van der Waals surface area (Å²) < 4.78 is 21.4. The number of aromatic amines is 1. The molecule has 0 spiro atoms. The zero-order valence-electron chi connectivity index (χ0n) is 11.2. The summed E-state index contributed by atoms with van der Waals surface area (Å²) in [6.07, 6.45) is 0. The van der Waals surface area contributed by atoms with Crippen molar-refractivity contribution in [2.24, 2.45) is 0 Å². The van der Waals surface area contributed by atoms with Crippen LogP contribution >= 0.6 is 23.8 Å². The molecule has 108 valence electrons. The summed E-state index contributed by atoms with van der Waals surface area (Å²) in [4.78, 5) is 3.11. The van der Waals surface area contributed by atoms with E-state index in [2.05, 4.69) is 4.98 Å².